The molecule has 0 radical (unpaired) electrons. The van der Waals surface area contributed by atoms with Crippen LogP contribution in [-0.4, -0.2) is 13.2 Å². The number of hydrogen-bond donors (Lipinski definition) is 0. The Bertz CT molecular complexity index is 698. The van der Waals surface area contributed by atoms with Crippen LogP contribution in [0.1, 0.15) is 6.92 Å². The van der Waals surface area contributed by atoms with E-state index in [1.54, 1.807) is 6.92 Å². The van der Waals surface area contributed by atoms with Crippen molar-refractivity contribution in [1.82, 2.24) is 4.74 Å². The number of fused-ring (bicyclic) bond motifs is 1. The van der Waals surface area contributed by atoms with Crippen molar-refractivity contribution >= 4 is 30.6 Å². The monoisotopic (exact) mass is 261 g/mol. The SMILES string of the molecule is CCn1oc(=O)c2cccc(S(=O)(=O)Cl)c21. The van der Waals surface area contributed by atoms with Crippen molar-refractivity contribution in [3.8, 4) is 0 Å². The van der Waals surface area contributed by atoms with Gasteiger partial charge in [-0.15, -0.1) is 0 Å². The Morgan fingerprint density at radius 1 is 1.44 bits per heavy atom. The minimum absolute atomic E-state index is 0.112. The van der Waals surface area contributed by atoms with Gasteiger partial charge in [-0.1, -0.05) is 6.07 Å². The first-order chi connectivity index (χ1) is 7.45. The molecule has 0 spiro atoms. The van der Waals surface area contributed by atoms with E-state index in [9.17, 15) is 13.2 Å². The molecule has 7 heteroatoms. The minimum Gasteiger partial charge on any atom is -0.335 e. The predicted molar refractivity (Wildman–Crippen MR) is 59.2 cm³/mol. The Labute approximate surface area is 95.6 Å². The summed E-state index contributed by atoms with van der Waals surface area (Å²) in [6, 6.07) is 4.29. The molecule has 1 aromatic carbocycles. The highest BCUT2D eigenvalue weighted by molar-refractivity contribution is 8.14. The molecule has 0 unspecified atom stereocenters. The molecule has 5 nitrogen and oxygen atoms in total. The summed E-state index contributed by atoms with van der Waals surface area (Å²) in [6.07, 6.45) is 0. The molecule has 1 heterocycles. The first-order valence-corrected chi connectivity index (χ1v) is 6.83. The molecule has 2 aromatic rings. The van der Waals surface area contributed by atoms with Crippen molar-refractivity contribution in [2.75, 3.05) is 0 Å². The number of halogens is 1. The maximum atomic E-state index is 11.4. The Kier molecular flexibility index (Phi) is 2.55. The third-order valence-electron chi connectivity index (χ3n) is 2.21. The zero-order chi connectivity index (χ0) is 11.9. The molecule has 0 aliphatic carbocycles. The number of benzene rings is 1. The molecule has 0 bridgehead atoms. The zero-order valence-electron chi connectivity index (χ0n) is 8.31. The number of para-hydroxylation sites is 1. The fourth-order valence-electron chi connectivity index (χ4n) is 1.56. The molecule has 1 aromatic heterocycles. The molecule has 0 atom stereocenters. The van der Waals surface area contributed by atoms with Crippen LogP contribution in [0, 0.1) is 0 Å². The summed E-state index contributed by atoms with van der Waals surface area (Å²) in [7, 11) is 1.39. The zero-order valence-corrected chi connectivity index (χ0v) is 9.88. The van der Waals surface area contributed by atoms with Crippen molar-refractivity contribution in [3.63, 3.8) is 0 Å². The summed E-state index contributed by atoms with van der Waals surface area (Å²) < 4.78 is 28.8. The smallest absolute Gasteiger partial charge is 0.335 e. The van der Waals surface area contributed by atoms with E-state index < -0.39 is 14.7 Å². The molecule has 0 N–H and O–H groups in total. The summed E-state index contributed by atoms with van der Waals surface area (Å²) in [4.78, 5) is 11.3. The van der Waals surface area contributed by atoms with Crippen LogP contribution in [-0.2, 0) is 15.6 Å². The van der Waals surface area contributed by atoms with Gasteiger partial charge in [-0.2, -0.15) is 0 Å². The highest BCUT2D eigenvalue weighted by Crippen LogP contribution is 2.24. The third-order valence-corrected chi connectivity index (χ3v) is 3.56. The van der Waals surface area contributed by atoms with Crippen molar-refractivity contribution in [2.45, 2.75) is 18.4 Å². The average molecular weight is 262 g/mol. The molecular formula is C9H8ClNO4S. The van der Waals surface area contributed by atoms with Gasteiger partial charge < -0.3 is 4.52 Å². The maximum absolute atomic E-state index is 11.4. The topological polar surface area (TPSA) is 69.3 Å². The fraction of sp³-hybridized carbons (Fsp3) is 0.222. The largest absolute Gasteiger partial charge is 0.365 e. The average Bonchev–Trinajstić information content (AvgIpc) is 2.54. The van der Waals surface area contributed by atoms with Crippen LogP contribution in [0.15, 0.2) is 32.4 Å². The predicted octanol–water partition coefficient (Wildman–Crippen LogP) is 1.54. The number of aryl methyl sites for hydroxylation is 1. The summed E-state index contributed by atoms with van der Waals surface area (Å²) >= 11 is 0. The van der Waals surface area contributed by atoms with E-state index in [1.165, 1.54) is 22.9 Å². The highest BCUT2D eigenvalue weighted by atomic mass is 35.7. The Hall–Kier alpha value is -1.27. The van der Waals surface area contributed by atoms with Gasteiger partial charge in [-0.3, -0.25) is 0 Å². The van der Waals surface area contributed by atoms with E-state index in [1.807, 2.05) is 0 Å². The number of rotatable bonds is 2. The number of aromatic nitrogens is 1. The molecule has 0 saturated carbocycles. The molecule has 0 fully saturated rings. The normalized spacial score (nSPS) is 12.1. The van der Waals surface area contributed by atoms with E-state index in [4.69, 9.17) is 15.2 Å². The highest BCUT2D eigenvalue weighted by Gasteiger charge is 2.20. The van der Waals surface area contributed by atoms with Crippen molar-refractivity contribution in [1.29, 1.82) is 0 Å². The molecule has 16 heavy (non-hydrogen) atoms. The van der Waals surface area contributed by atoms with Crippen LogP contribution in [0.5, 0.6) is 0 Å². The lowest BCUT2D eigenvalue weighted by Gasteiger charge is -2.01. The van der Waals surface area contributed by atoms with Gasteiger partial charge in [0.15, 0.2) is 0 Å². The second-order valence-corrected chi connectivity index (χ2v) is 5.70. The molecule has 2 rings (SSSR count). The van der Waals surface area contributed by atoms with Gasteiger partial charge in [0.1, 0.15) is 10.4 Å². The van der Waals surface area contributed by atoms with Crippen LogP contribution >= 0.6 is 10.7 Å². The molecule has 0 saturated heterocycles. The Balaban J connectivity index is 3.02. The first kappa shape index (κ1) is 11.2. The summed E-state index contributed by atoms with van der Waals surface area (Å²) in [6.45, 7) is 2.09. The van der Waals surface area contributed by atoms with Gasteiger partial charge in [0.2, 0.25) is 0 Å². The molecule has 0 amide bonds. The van der Waals surface area contributed by atoms with Gasteiger partial charge in [0, 0.05) is 10.7 Å². The van der Waals surface area contributed by atoms with Gasteiger partial charge in [-0.25, -0.2) is 18.0 Å². The third kappa shape index (κ3) is 1.64. The van der Waals surface area contributed by atoms with Crippen LogP contribution in [0.2, 0.25) is 0 Å². The number of hydrogen-bond acceptors (Lipinski definition) is 4. The lowest BCUT2D eigenvalue weighted by Crippen LogP contribution is -1.98. The number of nitrogens with zero attached hydrogens (tertiary/aromatic N) is 1. The van der Waals surface area contributed by atoms with Crippen LogP contribution in [0.4, 0.5) is 0 Å². The Morgan fingerprint density at radius 3 is 2.69 bits per heavy atom. The van der Waals surface area contributed by atoms with Gasteiger partial charge in [-0.05, 0) is 19.1 Å². The van der Waals surface area contributed by atoms with E-state index in [-0.39, 0.29) is 15.8 Å². The van der Waals surface area contributed by atoms with Crippen LogP contribution in [0.25, 0.3) is 10.9 Å². The lowest BCUT2D eigenvalue weighted by atomic mass is 10.2. The van der Waals surface area contributed by atoms with Crippen molar-refractivity contribution in [3.05, 3.63) is 28.6 Å². The fourth-order valence-corrected chi connectivity index (χ4v) is 2.62. The maximum Gasteiger partial charge on any atom is 0.365 e. The van der Waals surface area contributed by atoms with E-state index >= 15 is 0 Å². The van der Waals surface area contributed by atoms with Crippen molar-refractivity contribution < 1.29 is 12.9 Å². The Morgan fingerprint density at radius 2 is 2.12 bits per heavy atom. The van der Waals surface area contributed by atoms with E-state index in [2.05, 4.69) is 0 Å². The van der Waals surface area contributed by atoms with Crippen LogP contribution in [0.3, 0.4) is 0 Å². The summed E-state index contributed by atoms with van der Waals surface area (Å²) in [5.41, 5.74) is -0.357. The van der Waals surface area contributed by atoms with Crippen LogP contribution < -0.4 is 5.63 Å². The minimum atomic E-state index is -3.90. The molecule has 0 aliphatic heterocycles. The molecule has 86 valence electrons. The molecular weight excluding hydrogens is 254 g/mol. The van der Waals surface area contributed by atoms with Gasteiger partial charge in [0.25, 0.3) is 9.05 Å². The first-order valence-electron chi connectivity index (χ1n) is 4.52. The molecule has 0 aliphatic rings. The standard InChI is InChI=1S/C9H8ClNO4S/c1-2-11-8-6(9(12)15-11)4-3-5-7(8)16(10,13)14/h3-5H,2H2,1H3. The summed E-state index contributed by atoms with van der Waals surface area (Å²) in [5, 5.41) is 0.212. The van der Waals surface area contributed by atoms with Gasteiger partial charge in [0.05, 0.1) is 11.9 Å². The lowest BCUT2D eigenvalue weighted by molar-refractivity contribution is 0.269. The summed E-state index contributed by atoms with van der Waals surface area (Å²) in [5.74, 6) is 0. The second-order valence-electron chi connectivity index (χ2n) is 3.16. The van der Waals surface area contributed by atoms with E-state index in [0.29, 0.717) is 6.54 Å². The van der Waals surface area contributed by atoms with E-state index in [0.717, 1.165) is 0 Å². The second kappa shape index (κ2) is 3.64. The van der Waals surface area contributed by atoms with Crippen molar-refractivity contribution in [2.24, 2.45) is 0 Å². The van der Waals surface area contributed by atoms with Gasteiger partial charge >= 0.3 is 5.63 Å². The quantitative estimate of drug-likeness (QED) is 0.769.